The molecular weight excluding hydrogens is 326 g/mol. The van der Waals surface area contributed by atoms with E-state index >= 15 is 0 Å². The van der Waals surface area contributed by atoms with E-state index in [-0.39, 0.29) is 6.61 Å². The SMILES string of the molecule is CC(=O)N[C@@H]1[C@H](OC(C)=O)[C@H](OC(C)=O)[C@@H](COC(C)=O)O[C@@H]1O. The highest BCUT2D eigenvalue weighted by Crippen LogP contribution is 2.26. The van der Waals surface area contributed by atoms with Gasteiger partial charge in [-0.25, -0.2) is 0 Å². The summed E-state index contributed by atoms with van der Waals surface area (Å²) < 4.78 is 20.3. The van der Waals surface area contributed by atoms with Crippen molar-refractivity contribution in [2.24, 2.45) is 0 Å². The lowest BCUT2D eigenvalue weighted by Gasteiger charge is -2.43. The average Bonchev–Trinajstić information content (AvgIpc) is 2.42. The number of hydrogen-bond donors (Lipinski definition) is 2. The lowest BCUT2D eigenvalue weighted by atomic mass is 9.96. The molecule has 10 nitrogen and oxygen atoms in total. The number of amides is 1. The smallest absolute Gasteiger partial charge is 0.303 e. The van der Waals surface area contributed by atoms with Crippen LogP contribution in [-0.2, 0) is 38.1 Å². The second-order valence-corrected chi connectivity index (χ2v) is 5.24. The van der Waals surface area contributed by atoms with E-state index in [0.717, 1.165) is 13.8 Å². The molecule has 1 heterocycles. The zero-order chi connectivity index (χ0) is 18.4. The average molecular weight is 347 g/mol. The minimum Gasteiger partial charge on any atom is -0.463 e. The van der Waals surface area contributed by atoms with Crippen molar-refractivity contribution in [3.8, 4) is 0 Å². The van der Waals surface area contributed by atoms with Gasteiger partial charge in [-0.1, -0.05) is 0 Å². The van der Waals surface area contributed by atoms with Gasteiger partial charge in [0.15, 0.2) is 18.5 Å². The molecule has 0 bridgehead atoms. The number of ether oxygens (including phenoxy) is 4. The van der Waals surface area contributed by atoms with Crippen LogP contribution in [0.25, 0.3) is 0 Å². The number of nitrogens with one attached hydrogen (secondary N) is 1. The van der Waals surface area contributed by atoms with Crippen LogP contribution >= 0.6 is 0 Å². The Balaban J connectivity index is 3.11. The van der Waals surface area contributed by atoms with Crippen LogP contribution in [0.15, 0.2) is 0 Å². The van der Waals surface area contributed by atoms with Gasteiger partial charge >= 0.3 is 17.9 Å². The van der Waals surface area contributed by atoms with Gasteiger partial charge in [0, 0.05) is 27.7 Å². The standard InChI is InChI=1S/C14H21NO9/c1-6(16)15-11-13(23-9(4)19)12(22-8(3)18)10(24-14(11)20)5-21-7(2)17/h10-14,20H,5H2,1-4H3,(H,15,16)/t10-,11-,12-,13+,14+/m1/s1. The molecule has 0 unspecified atom stereocenters. The molecule has 24 heavy (non-hydrogen) atoms. The number of hydrogen-bond acceptors (Lipinski definition) is 9. The molecule has 0 saturated carbocycles. The maximum atomic E-state index is 11.4. The van der Waals surface area contributed by atoms with E-state index in [4.69, 9.17) is 18.9 Å². The third-order valence-corrected chi connectivity index (χ3v) is 3.09. The van der Waals surface area contributed by atoms with E-state index in [9.17, 15) is 24.3 Å². The van der Waals surface area contributed by atoms with E-state index in [0.29, 0.717) is 0 Å². The first-order valence-corrected chi connectivity index (χ1v) is 7.20. The molecule has 0 aromatic carbocycles. The Hall–Kier alpha value is -2.20. The van der Waals surface area contributed by atoms with Crippen molar-refractivity contribution in [3.05, 3.63) is 0 Å². The van der Waals surface area contributed by atoms with E-state index in [1.807, 2.05) is 0 Å². The Kier molecular flexibility index (Phi) is 7.11. The van der Waals surface area contributed by atoms with E-state index in [1.165, 1.54) is 13.8 Å². The molecule has 1 aliphatic rings. The topological polar surface area (TPSA) is 137 Å². The van der Waals surface area contributed by atoms with Gasteiger partial charge in [-0.15, -0.1) is 0 Å². The first kappa shape index (κ1) is 19.8. The molecule has 0 aromatic heterocycles. The lowest BCUT2D eigenvalue weighted by molar-refractivity contribution is -0.264. The van der Waals surface area contributed by atoms with Gasteiger partial charge in [-0.05, 0) is 0 Å². The van der Waals surface area contributed by atoms with Crippen molar-refractivity contribution < 1.29 is 43.2 Å². The van der Waals surface area contributed by atoms with Gasteiger partial charge in [0.2, 0.25) is 5.91 Å². The summed E-state index contributed by atoms with van der Waals surface area (Å²) in [7, 11) is 0. The molecule has 1 saturated heterocycles. The largest absolute Gasteiger partial charge is 0.463 e. The third-order valence-electron chi connectivity index (χ3n) is 3.09. The molecule has 1 aliphatic heterocycles. The molecule has 0 spiro atoms. The van der Waals surface area contributed by atoms with Crippen LogP contribution in [0.3, 0.4) is 0 Å². The molecule has 10 heteroatoms. The van der Waals surface area contributed by atoms with Crippen LogP contribution in [-0.4, -0.2) is 66.2 Å². The van der Waals surface area contributed by atoms with Crippen LogP contribution in [0.2, 0.25) is 0 Å². The minimum atomic E-state index is -1.56. The van der Waals surface area contributed by atoms with Gasteiger partial charge < -0.3 is 29.4 Å². The second-order valence-electron chi connectivity index (χ2n) is 5.24. The lowest BCUT2D eigenvalue weighted by Crippen LogP contribution is -2.66. The molecule has 0 aliphatic carbocycles. The van der Waals surface area contributed by atoms with Gasteiger partial charge in [0.05, 0.1) is 0 Å². The van der Waals surface area contributed by atoms with Crippen molar-refractivity contribution in [1.29, 1.82) is 0 Å². The molecular formula is C14H21NO9. The van der Waals surface area contributed by atoms with Gasteiger partial charge in [0.25, 0.3) is 0 Å². The second kappa shape index (κ2) is 8.60. The Labute approximate surface area is 138 Å². The minimum absolute atomic E-state index is 0.338. The van der Waals surface area contributed by atoms with Gasteiger partial charge in [0.1, 0.15) is 18.8 Å². The summed E-state index contributed by atoms with van der Waals surface area (Å²) in [5.74, 6) is -2.54. The number of aliphatic hydroxyl groups is 1. The summed E-state index contributed by atoms with van der Waals surface area (Å²) in [4.78, 5) is 45.0. The Morgan fingerprint density at radius 3 is 1.96 bits per heavy atom. The van der Waals surface area contributed by atoms with E-state index in [2.05, 4.69) is 5.32 Å². The molecule has 1 amide bonds. The third kappa shape index (κ3) is 5.78. The quantitative estimate of drug-likeness (QED) is 0.456. The first-order valence-electron chi connectivity index (χ1n) is 7.20. The van der Waals surface area contributed by atoms with Crippen LogP contribution < -0.4 is 5.32 Å². The van der Waals surface area contributed by atoms with E-state index in [1.54, 1.807) is 0 Å². The zero-order valence-corrected chi connectivity index (χ0v) is 13.8. The van der Waals surface area contributed by atoms with Crippen molar-refractivity contribution in [2.45, 2.75) is 58.3 Å². The fraction of sp³-hybridized carbons (Fsp3) is 0.714. The molecule has 136 valence electrons. The highest BCUT2D eigenvalue weighted by Gasteiger charge is 2.50. The van der Waals surface area contributed by atoms with Crippen molar-refractivity contribution in [2.75, 3.05) is 6.61 Å². The summed E-state index contributed by atoms with van der Waals surface area (Å²) >= 11 is 0. The van der Waals surface area contributed by atoms with Gasteiger partial charge in [-0.3, -0.25) is 19.2 Å². The summed E-state index contributed by atoms with van der Waals surface area (Å²) in [6.45, 7) is 4.28. The zero-order valence-electron chi connectivity index (χ0n) is 13.8. The first-order chi connectivity index (χ1) is 11.1. The number of esters is 3. The van der Waals surface area contributed by atoms with Gasteiger partial charge in [-0.2, -0.15) is 0 Å². The Morgan fingerprint density at radius 2 is 1.50 bits per heavy atom. The molecule has 0 radical (unpaired) electrons. The number of carbonyl (C=O) groups excluding carboxylic acids is 4. The normalized spacial score (nSPS) is 29.3. The Morgan fingerprint density at radius 1 is 0.958 bits per heavy atom. The summed E-state index contributed by atoms with van der Waals surface area (Å²) in [6, 6.07) is -1.16. The monoisotopic (exact) mass is 347 g/mol. The van der Waals surface area contributed by atoms with Crippen LogP contribution in [0.4, 0.5) is 0 Å². The highest BCUT2D eigenvalue weighted by atomic mass is 16.7. The van der Waals surface area contributed by atoms with Crippen molar-refractivity contribution in [1.82, 2.24) is 5.32 Å². The molecule has 1 rings (SSSR count). The summed E-state index contributed by atoms with van der Waals surface area (Å²) in [5, 5.41) is 12.5. The highest BCUT2D eigenvalue weighted by molar-refractivity contribution is 5.73. The maximum absolute atomic E-state index is 11.4. The van der Waals surface area contributed by atoms with Crippen molar-refractivity contribution in [3.63, 3.8) is 0 Å². The number of rotatable bonds is 5. The number of aliphatic hydroxyl groups excluding tert-OH is 1. The van der Waals surface area contributed by atoms with Crippen LogP contribution in [0.1, 0.15) is 27.7 Å². The van der Waals surface area contributed by atoms with Crippen LogP contribution in [0, 0.1) is 0 Å². The summed E-state index contributed by atoms with van der Waals surface area (Å²) in [5.41, 5.74) is 0. The molecule has 2 N–H and O–H groups in total. The predicted molar refractivity (Wildman–Crippen MR) is 76.2 cm³/mol. The fourth-order valence-electron chi connectivity index (χ4n) is 2.31. The fourth-order valence-corrected chi connectivity index (χ4v) is 2.31. The molecule has 5 atom stereocenters. The Bertz CT molecular complexity index is 506. The molecule has 1 fully saturated rings. The van der Waals surface area contributed by atoms with Crippen LogP contribution in [0.5, 0.6) is 0 Å². The van der Waals surface area contributed by atoms with E-state index < -0.39 is 54.5 Å². The predicted octanol–water partition coefficient (Wildman–Crippen LogP) is -1.37. The number of carbonyl (C=O) groups is 4. The summed E-state index contributed by atoms with van der Waals surface area (Å²) in [6.07, 6.45) is -5.06. The molecule has 0 aromatic rings. The maximum Gasteiger partial charge on any atom is 0.303 e. The van der Waals surface area contributed by atoms with Crippen molar-refractivity contribution >= 4 is 23.8 Å².